The molecule has 3 heterocycles. The Labute approximate surface area is 146 Å². The largest absolute Gasteiger partial charge is 0.419 e. The number of nitrogens with zero attached hydrogens (tertiary/aromatic N) is 2. The third-order valence-electron chi connectivity index (χ3n) is 5.56. The molecule has 0 spiro atoms. The van der Waals surface area contributed by atoms with Gasteiger partial charge in [-0.05, 0) is 44.4 Å². The van der Waals surface area contributed by atoms with Crippen molar-refractivity contribution in [1.82, 2.24) is 14.8 Å². The maximum atomic E-state index is 12.3. The van der Waals surface area contributed by atoms with Crippen molar-refractivity contribution < 1.29 is 9.21 Å². The van der Waals surface area contributed by atoms with Gasteiger partial charge < -0.3 is 9.73 Å². The fourth-order valence-corrected chi connectivity index (χ4v) is 4.32. The van der Waals surface area contributed by atoms with Gasteiger partial charge >= 0.3 is 5.76 Å². The van der Waals surface area contributed by atoms with Gasteiger partial charge in [-0.3, -0.25) is 14.3 Å². The number of carbonyl (C=O) groups excluding carboxylic acids is 1. The summed E-state index contributed by atoms with van der Waals surface area (Å²) >= 11 is 0. The Bertz CT molecular complexity index is 810. The van der Waals surface area contributed by atoms with Crippen LogP contribution >= 0.6 is 0 Å². The maximum absolute atomic E-state index is 12.3. The minimum Gasteiger partial charge on any atom is -0.408 e. The van der Waals surface area contributed by atoms with Crippen LogP contribution in [0.15, 0.2) is 33.5 Å². The van der Waals surface area contributed by atoms with Crippen molar-refractivity contribution in [2.24, 2.45) is 0 Å². The molecule has 1 amide bonds. The van der Waals surface area contributed by atoms with Gasteiger partial charge in [-0.1, -0.05) is 18.6 Å². The minimum atomic E-state index is -0.352. The average molecular weight is 343 g/mol. The SMILES string of the molecule is O=C(CCCn1c(=O)oc2ccccc21)N[C@@H]1CCN2CCCC[C@H]12. The number of nitrogens with one attached hydrogen (secondary N) is 1. The molecule has 2 aliphatic heterocycles. The van der Waals surface area contributed by atoms with Crippen LogP contribution in [-0.4, -0.2) is 40.5 Å². The van der Waals surface area contributed by atoms with Gasteiger partial charge in [-0.25, -0.2) is 4.79 Å². The molecule has 0 saturated carbocycles. The monoisotopic (exact) mass is 343 g/mol. The molecule has 1 N–H and O–H groups in total. The first-order chi connectivity index (χ1) is 12.2. The zero-order valence-electron chi connectivity index (χ0n) is 14.4. The number of piperidine rings is 1. The molecule has 2 fully saturated rings. The van der Waals surface area contributed by atoms with E-state index >= 15 is 0 Å². The Kier molecular flexibility index (Phi) is 4.61. The summed E-state index contributed by atoms with van der Waals surface area (Å²) in [5.41, 5.74) is 1.39. The summed E-state index contributed by atoms with van der Waals surface area (Å²) in [4.78, 5) is 26.8. The van der Waals surface area contributed by atoms with Gasteiger partial charge in [0.25, 0.3) is 0 Å². The molecule has 6 nitrogen and oxygen atoms in total. The van der Waals surface area contributed by atoms with Crippen molar-refractivity contribution >= 4 is 17.0 Å². The second kappa shape index (κ2) is 7.04. The number of carbonyl (C=O) groups is 1. The molecule has 0 aliphatic carbocycles. The van der Waals surface area contributed by atoms with E-state index in [4.69, 9.17) is 4.42 Å². The number of hydrogen-bond acceptors (Lipinski definition) is 4. The van der Waals surface area contributed by atoms with E-state index in [0.29, 0.717) is 37.1 Å². The number of para-hydroxylation sites is 2. The lowest BCUT2D eigenvalue weighted by Crippen LogP contribution is -2.46. The zero-order valence-corrected chi connectivity index (χ0v) is 14.4. The standard InChI is InChI=1S/C19H25N3O3/c23-18(20-14-10-13-21-11-4-3-6-15(14)21)9-5-12-22-16-7-1-2-8-17(16)25-19(22)24/h1-2,7-8,14-15H,3-6,9-13H2,(H,20,23)/t14-,15-/m1/s1. The maximum Gasteiger partial charge on any atom is 0.419 e. The van der Waals surface area contributed by atoms with Crippen molar-refractivity contribution in [1.29, 1.82) is 0 Å². The zero-order chi connectivity index (χ0) is 17.2. The first kappa shape index (κ1) is 16.4. The molecule has 2 atom stereocenters. The van der Waals surface area contributed by atoms with E-state index in [0.717, 1.165) is 18.5 Å². The second-order valence-electron chi connectivity index (χ2n) is 7.15. The van der Waals surface area contributed by atoms with Crippen LogP contribution in [0.1, 0.15) is 38.5 Å². The molecule has 0 unspecified atom stereocenters. The summed E-state index contributed by atoms with van der Waals surface area (Å²) in [7, 11) is 0. The van der Waals surface area contributed by atoms with Crippen molar-refractivity contribution in [2.75, 3.05) is 13.1 Å². The third kappa shape index (κ3) is 3.35. The topological polar surface area (TPSA) is 67.5 Å². The number of aromatic nitrogens is 1. The minimum absolute atomic E-state index is 0.0956. The molecule has 134 valence electrons. The third-order valence-corrected chi connectivity index (χ3v) is 5.56. The van der Waals surface area contributed by atoms with Gasteiger partial charge in [0.2, 0.25) is 5.91 Å². The number of benzene rings is 1. The van der Waals surface area contributed by atoms with Crippen molar-refractivity contribution in [3.8, 4) is 0 Å². The first-order valence-electron chi connectivity index (χ1n) is 9.34. The Morgan fingerprint density at radius 2 is 2.08 bits per heavy atom. The Balaban J connectivity index is 1.30. The highest BCUT2D eigenvalue weighted by Gasteiger charge is 2.35. The summed E-state index contributed by atoms with van der Waals surface area (Å²) < 4.78 is 6.84. The van der Waals surface area contributed by atoms with Gasteiger partial charge in [-0.15, -0.1) is 0 Å². The van der Waals surface area contributed by atoms with Crippen LogP contribution in [0.4, 0.5) is 0 Å². The number of oxazole rings is 1. The van der Waals surface area contributed by atoms with Gasteiger partial charge in [0.05, 0.1) is 5.52 Å². The molecule has 0 bridgehead atoms. The van der Waals surface area contributed by atoms with Gasteiger partial charge in [0, 0.05) is 31.6 Å². The smallest absolute Gasteiger partial charge is 0.408 e. The molecular formula is C19H25N3O3. The van der Waals surface area contributed by atoms with Crippen LogP contribution in [0.2, 0.25) is 0 Å². The van der Waals surface area contributed by atoms with Crippen molar-refractivity contribution in [2.45, 2.75) is 57.2 Å². The summed E-state index contributed by atoms with van der Waals surface area (Å²) in [6.07, 6.45) is 5.88. The molecule has 4 rings (SSSR count). The number of aryl methyl sites for hydroxylation is 1. The molecule has 25 heavy (non-hydrogen) atoms. The molecule has 6 heteroatoms. The van der Waals surface area contributed by atoms with Gasteiger partial charge in [-0.2, -0.15) is 0 Å². The number of rotatable bonds is 5. The lowest BCUT2D eigenvalue weighted by Gasteiger charge is -2.32. The molecule has 0 radical (unpaired) electrons. The molecule has 2 aliphatic rings. The molecule has 2 saturated heterocycles. The van der Waals surface area contributed by atoms with Crippen LogP contribution < -0.4 is 11.1 Å². The van der Waals surface area contributed by atoms with Crippen LogP contribution in [0, 0.1) is 0 Å². The summed E-state index contributed by atoms with van der Waals surface area (Å²) in [6.45, 7) is 2.78. The van der Waals surface area contributed by atoms with Crippen LogP contribution in [0.5, 0.6) is 0 Å². The van der Waals surface area contributed by atoms with E-state index in [9.17, 15) is 9.59 Å². The van der Waals surface area contributed by atoms with Crippen molar-refractivity contribution in [3.05, 3.63) is 34.8 Å². The highest BCUT2D eigenvalue weighted by molar-refractivity contribution is 5.76. The molecule has 1 aromatic heterocycles. The quantitative estimate of drug-likeness (QED) is 0.903. The van der Waals surface area contributed by atoms with Gasteiger partial charge in [0.15, 0.2) is 5.58 Å². The number of amides is 1. The fraction of sp³-hybridized carbons (Fsp3) is 0.579. The van der Waals surface area contributed by atoms with Crippen LogP contribution in [0.3, 0.4) is 0 Å². The van der Waals surface area contributed by atoms with E-state index in [1.807, 2.05) is 18.2 Å². The van der Waals surface area contributed by atoms with Crippen LogP contribution in [0.25, 0.3) is 11.1 Å². The van der Waals surface area contributed by atoms with Gasteiger partial charge in [0.1, 0.15) is 0 Å². The first-order valence-corrected chi connectivity index (χ1v) is 9.34. The highest BCUT2D eigenvalue weighted by atomic mass is 16.4. The lowest BCUT2D eigenvalue weighted by atomic mass is 9.99. The molecular weight excluding hydrogens is 318 g/mol. The Morgan fingerprint density at radius 3 is 3.00 bits per heavy atom. The van der Waals surface area contributed by atoms with E-state index in [1.54, 1.807) is 10.6 Å². The highest BCUT2D eigenvalue weighted by Crippen LogP contribution is 2.27. The summed E-state index contributed by atoms with van der Waals surface area (Å²) in [6, 6.07) is 8.21. The normalized spacial score (nSPS) is 23.7. The molecule has 1 aromatic carbocycles. The summed E-state index contributed by atoms with van der Waals surface area (Å²) in [5, 5.41) is 3.22. The number of hydrogen-bond donors (Lipinski definition) is 1. The lowest BCUT2D eigenvalue weighted by molar-refractivity contribution is -0.122. The van der Waals surface area contributed by atoms with E-state index in [1.165, 1.54) is 25.8 Å². The van der Waals surface area contributed by atoms with Crippen LogP contribution in [-0.2, 0) is 11.3 Å². The Hall–Kier alpha value is -2.08. The number of fused-ring (bicyclic) bond motifs is 2. The summed E-state index contributed by atoms with van der Waals surface area (Å²) in [5.74, 6) is -0.256. The molecule has 2 aromatic rings. The van der Waals surface area contributed by atoms with E-state index in [2.05, 4.69) is 10.2 Å². The average Bonchev–Trinajstić information content (AvgIpc) is 3.16. The predicted molar refractivity (Wildman–Crippen MR) is 95.5 cm³/mol. The van der Waals surface area contributed by atoms with E-state index in [-0.39, 0.29) is 11.7 Å². The predicted octanol–water partition coefficient (Wildman–Crippen LogP) is 2.12. The Morgan fingerprint density at radius 1 is 1.20 bits per heavy atom. The van der Waals surface area contributed by atoms with E-state index < -0.39 is 0 Å². The second-order valence-corrected chi connectivity index (χ2v) is 7.15. The van der Waals surface area contributed by atoms with Crippen molar-refractivity contribution in [3.63, 3.8) is 0 Å². The fourth-order valence-electron chi connectivity index (χ4n) is 4.32.